The molecule has 0 aliphatic rings. The Labute approximate surface area is 185 Å². The highest BCUT2D eigenvalue weighted by atomic mass is 79.9. The number of aryl methyl sites for hydroxylation is 1. The minimum Gasteiger partial charge on any atom is -0.497 e. The molecule has 0 spiro atoms. The zero-order chi connectivity index (χ0) is 21.7. The van der Waals surface area contributed by atoms with Gasteiger partial charge in [0.15, 0.2) is 5.78 Å². The molecule has 30 heavy (non-hydrogen) atoms. The molecule has 0 fully saturated rings. The van der Waals surface area contributed by atoms with Gasteiger partial charge in [-0.1, -0.05) is 64.0 Å². The maximum absolute atomic E-state index is 13.1. The van der Waals surface area contributed by atoms with Crippen LogP contribution in [-0.2, 0) is 10.0 Å². The predicted molar refractivity (Wildman–Crippen MR) is 121 cm³/mol. The molecule has 0 unspecified atom stereocenters. The maximum atomic E-state index is 13.1. The Balaban J connectivity index is 1.94. The fourth-order valence-corrected chi connectivity index (χ4v) is 5.09. The summed E-state index contributed by atoms with van der Waals surface area (Å²) in [7, 11) is -2.30. The summed E-state index contributed by atoms with van der Waals surface area (Å²) in [6, 6.07) is 21.5. The summed E-state index contributed by atoms with van der Waals surface area (Å²) < 4.78 is 33.9. The Morgan fingerprint density at radius 1 is 0.933 bits per heavy atom. The van der Waals surface area contributed by atoms with Crippen LogP contribution in [0.15, 0.2) is 83.8 Å². The van der Waals surface area contributed by atoms with E-state index in [0.717, 1.165) is 5.56 Å². The second-order valence-corrected chi connectivity index (χ2v) is 9.52. The van der Waals surface area contributed by atoms with Crippen LogP contribution in [0, 0.1) is 6.92 Å². The Kier molecular flexibility index (Phi) is 7.07. The van der Waals surface area contributed by atoms with Crippen molar-refractivity contribution in [1.29, 1.82) is 0 Å². The zero-order valence-corrected chi connectivity index (χ0v) is 19.0. The second kappa shape index (κ2) is 9.55. The van der Waals surface area contributed by atoms with Gasteiger partial charge in [-0.15, -0.1) is 0 Å². The van der Waals surface area contributed by atoms with Crippen molar-refractivity contribution < 1.29 is 17.9 Å². The molecule has 0 aliphatic heterocycles. The van der Waals surface area contributed by atoms with E-state index in [0.29, 0.717) is 16.9 Å². The third kappa shape index (κ3) is 5.16. The lowest BCUT2D eigenvalue weighted by molar-refractivity contribution is 0.0982. The number of benzene rings is 3. The van der Waals surface area contributed by atoms with E-state index >= 15 is 0 Å². The van der Waals surface area contributed by atoms with Crippen LogP contribution >= 0.6 is 15.9 Å². The van der Waals surface area contributed by atoms with Gasteiger partial charge < -0.3 is 4.74 Å². The number of nitrogens with one attached hydrogen (secondary N) is 1. The number of alkyl halides is 1. The quantitative estimate of drug-likeness (QED) is 0.370. The second-order valence-electron chi connectivity index (χ2n) is 6.82. The Morgan fingerprint density at radius 2 is 1.53 bits per heavy atom. The molecule has 3 aromatic rings. The summed E-state index contributed by atoms with van der Waals surface area (Å²) in [4.78, 5) is 12.4. The summed E-state index contributed by atoms with van der Waals surface area (Å²) >= 11 is 3.45. The van der Waals surface area contributed by atoms with Crippen molar-refractivity contribution in [1.82, 2.24) is 4.72 Å². The molecule has 156 valence electrons. The van der Waals surface area contributed by atoms with E-state index in [4.69, 9.17) is 4.74 Å². The minimum absolute atomic E-state index is 0.144. The van der Waals surface area contributed by atoms with E-state index in [2.05, 4.69) is 20.7 Å². The van der Waals surface area contributed by atoms with Crippen molar-refractivity contribution in [2.45, 2.75) is 22.7 Å². The van der Waals surface area contributed by atoms with E-state index in [1.165, 1.54) is 0 Å². The number of hydrogen-bond donors (Lipinski definition) is 1. The lowest BCUT2D eigenvalue weighted by Gasteiger charge is -2.24. The number of ether oxygens (including phenoxy) is 1. The van der Waals surface area contributed by atoms with Crippen LogP contribution in [0.4, 0.5) is 0 Å². The number of rotatable bonds is 8. The Bertz CT molecular complexity index is 1100. The molecular formula is C23H22BrNO4S. The maximum Gasteiger partial charge on any atom is 0.241 e. The lowest BCUT2D eigenvalue weighted by Crippen LogP contribution is -2.37. The molecule has 0 saturated heterocycles. The first-order valence-electron chi connectivity index (χ1n) is 9.28. The van der Waals surface area contributed by atoms with Gasteiger partial charge in [0.2, 0.25) is 10.0 Å². The molecule has 0 radical (unpaired) electrons. The van der Waals surface area contributed by atoms with Crippen LogP contribution < -0.4 is 9.46 Å². The van der Waals surface area contributed by atoms with Crippen LogP contribution in [-0.4, -0.2) is 26.1 Å². The predicted octanol–water partition coefficient (Wildman–Crippen LogP) is 4.67. The molecule has 1 N–H and O–H groups in total. The number of methoxy groups -OCH3 is 1. The van der Waals surface area contributed by atoms with Crippen LogP contribution in [0.2, 0.25) is 0 Å². The van der Waals surface area contributed by atoms with E-state index in [-0.39, 0.29) is 10.7 Å². The normalized spacial score (nSPS) is 13.4. The third-order valence-electron chi connectivity index (χ3n) is 4.69. The van der Waals surface area contributed by atoms with Crippen molar-refractivity contribution in [3.05, 3.63) is 95.6 Å². The monoisotopic (exact) mass is 487 g/mol. The molecular weight excluding hydrogens is 466 g/mol. The Morgan fingerprint density at radius 3 is 2.10 bits per heavy atom. The van der Waals surface area contributed by atoms with Gasteiger partial charge in [0.05, 0.1) is 22.9 Å². The van der Waals surface area contributed by atoms with Crippen molar-refractivity contribution >= 4 is 31.7 Å². The third-order valence-corrected chi connectivity index (χ3v) is 7.09. The van der Waals surface area contributed by atoms with Gasteiger partial charge in [0.25, 0.3) is 0 Å². The molecule has 0 aromatic heterocycles. The molecule has 2 atom stereocenters. The number of sulfonamides is 1. The molecule has 0 aliphatic carbocycles. The number of hydrogen-bond acceptors (Lipinski definition) is 4. The van der Waals surface area contributed by atoms with E-state index < -0.39 is 20.9 Å². The average molecular weight is 488 g/mol. The Hall–Kier alpha value is -2.48. The zero-order valence-electron chi connectivity index (χ0n) is 16.6. The smallest absolute Gasteiger partial charge is 0.241 e. The van der Waals surface area contributed by atoms with Gasteiger partial charge in [0.1, 0.15) is 5.75 Å². The van der Waals surface area contributed by atoms with Gasteiger partial charge in [0, 0.05) is 5.56 Å². The van der Waals surface area contributed by atoms with E-state index in [9.17, 15) is 13.2 Å². The number of halogens is 1. The van der Waals surface area contributed by atoms with Crippen LogP contribution in [0.1, 0.15) is 27.5 Å². The minimum atomic E-state index is -3.85. The first-order chi connectivity index (χ1) is 14.3. The van der Waals surface area contributed by atoms with Crippen molar-refractivity contribution in [3.63, 3.8) is 0 Å². The van der Waals surface area contributed by atoms with Gasteiger partial charge in [-0.25, -0.2) is 13.1 Å². The molecule has 0 saturated carbocycles. The standard InChI is InChI=1S/C23H22BrNO4S/c1-16-8-14-20(15-9-16)30(27,28)25-22(17-6-4-3-5-7-17)21(24)23(26)18-10-12-19(29-2)13-11-18/h3-15,21-22,25H,1-2H3/t21-,22-/m1/s1. The van der Waals surface area contributed by atoms with Crippen molar-refractivity contribution in [2.24, 2.45) is 0 Å². The number of carbonyl (C=O) groups is 1. The highest BCUT2D eigenvalue weighted by molar-refractivity contribution is 9.10. The summed E-state index contributed by atoms with van der Waals surface area (Å²) in [6.07, 6.45) is 0. The number of carbonyl (C=O) groups excluding carboxylic acids is 1. The lowest BCUT2D eigenvalue weighted by atomic mass is 9.98. The van der Waals surface area contributed by atoms with Crippen LogP contribution in [0.5, 0.6) is 5.75 Å². The number of ketones is 1. The summed E-state index contributed by atoms with van der Waals surface area (Å²) in [5, 5.41) is 0. The molecule has 0 heterocycles. The van der Waals surface area contributed by atoms with E-state index in [1.807, 2.05) is 13.0 Å². The molecule has 7 heteroatoms. The van der Waals surface area contributed by atoms with Gasteiger partial charge in [-0.05, 0) is 48.9 Å². The van der Waals surface area contributed by atoms with E-state index in [1.54, 1.807) is 79.9 Å². The first-order valence-corrected chi connectivity index (χ1v) is 11.7. The molecule has 0 amide bonds. The first kappa shape index (κ1) is 22.2. The summed E-state index contributed by atoms with van der Waals surface area (Å²) in [5.74, 6) is 0.399. The fourth-order valence-electron chi connectivity index (χ4n) is 2.98. The van der Waals surface area contributed by atoms with Crippen molar-refractivity contribution in [2.75, 3.05) is 7.11 Å². The SMILES string of the molecule is COc1ccc(C(=O)[C@H](Br)[C@H](NS(=O)(=O)c2ccc(C)cc2)c2ccccc2)cc1. The average Bonchev–Trinajstić information content (AvgIpc) is 2.77. The fraction of sp³-hybridized carbons (Fsp3) is 0.174. The highest BCUT2D eigenvalue weighted by Gasteiger charge is 2.32. The number of Topliss-reactive ketones (excluding diaryl/α,β-unsaturated/α-hetero) is 1. The van der Waals surface area contributed by atoms with Gasteiger partial charge >= 0.3 is 0 Å². The van der Waals surface area contributed by atoms with Crippen LogP contribution in [0.3, 0.4) is 0 Å². The topological polar surface area (TPSA) is 72.5 Å². The molecule has 3 rings (SSSR count). The summed E-state index contributed by atoms with van der Waals surface area (Å²) in [6.45, 7) is 1.89. The summed E-state index contributed by atoms with van der Waals surface area (Å²) in [5.41, 5.74) is 2.09. The van der Waals surface area contributed by atoms with Crippen molar-refractivity contribution in [3.8, 4) is 5.75 Å². The molecule has 5 nitrogen and oxygen atoms in total. The molecule has 0 bridgehead atoms. The van der Waals surface area contributed by atoms with Gasteiger partial charge in [-0.2, -0.15) is 0 Å². The molecule has 3 aromatic carbocycles. The van der Waals surface area contributed by atoms with Crippen LogP contribution in [0.25, 0.3) is 0 Å². The highest BCUT2D eigenvalue weighted by Crippen LogP contribution is 2.28. The van der Waals surface area contributed by atoms with Gasteiger partial charge in [-0.3, -0.25) is 4.79 Å². The largest absolute Gasteiger partial charge is 0.497 e.